The predicted octanol–water partition coefficient (Wildman–Crippen LogP) is 3.38. The van der Waals surface area contributed by atoms with Gasteiger partial charge >= 0.3 is 0 Å². The molecule has 5 heteroatoms. The maximum absolute atomic E-state index is 13.3. The van der Waals surface area contributed by atoms with Crippen molar-refractivity contribution < 1.29 is 4.39 Å². The maximum Gasteiger partial charge on any atom is 0.161 e. The van der Waals surface area contributed by atoms with Gasteiger partial charge in [-0.15, -0.1) is 0 Å². The molecule has 0 bridgehead atoms. The molecule has 1 aromatic carbocycles. The molecule has 0 radical (unpaired) electrons. The minimum absolute atomic E-state index is 0.200. The number of anilines is 1. The molecule has 1 aromatic heterocycles. The standard InChI is InChI=1S/C14H14FN3S/c1-8-5-9(3-4-11(8)15)13-17-12-7-19-6-10(12)14(16-2)18-13/h3-5H,6-7H2,1-2H3,(H,16,17,18). The van der Waals surface area contributed by atoms with Crippen molar-refractivity contribution >= 4 is 17.6 Å². The number of thioether (sulfide) groups is 1. The monoisotopic (exact) mass is 275 g/mol. The topological polar surface area (TPSA) is 37.8 Å². The molecule has 3 nitrogen and oxygen atoms in total. The SMILES string of the molecule is CNc1nc(-c2ccc(F)c(C)c2)nc2c1CSC2. The fraction of sp³-hybridized carbons (Fsp3) is 0.286. The summed E-state index contributed by atoms with van der Waals surface area (Å²) in [7, 11) is 1.87. The lowest BCUT2D eigenvalue weighted by Gasteiger charge is -2.09. The highest BCUT2D eigenvalue weighted by Gasteiger charge is 2.19. The summed E-state index contributed by atoms with van der Waals surface area (Å²) in [5, 5.41) is 3.12. The first-order valence-corrected chi connectivity index (χ1v) is 7.26. The number of fused-ring (bicyclic) bond motifs is 1. The number of aryl methyl sites for hydroxylation is 1. The van der Waals surface area contributed by atoms with Crippen LogP contribution in [0, 0.1) is 12.7 Å². The summed E-state index contributed by atoms with van der Waals surface area (Å²) in [4.78, 5) is 9.15. The van der Waals surface area contributed by atoms with Crippen LogP contribution in [0.3, 0.4) is 0 Å². The highest BCUT2D eigenvalue weighted by atomic mass is 32.2. The summed E-state index contributed by atoms with van der Waals surface area (Å²) in [5.74, 6) is 3.21. The van der Waals surface area contributed by atoms with Crippen molar-refractivity contribution in [3.63, 3.8) is 0 Å². The summed E-state index contributed by atoms with van der Waals surface area (Å²) in [6, 6.07) is 4.99. The van der Waals surface area contributed by atoms with E-state index in [0.29, 0.717) is 11.4 Å². The molecule has 1 aliphatic heterocycles. The predicted molar refractivity (Wildman–Crippen MR) is 76.7 cm³/mol. The Labute approximate surface area is 115 Å². The molecule has 1 aliphatic rings. The number of benzene rings is 1. The third-order valence-corrected chi connectivity index (χ3v) is 4.20. The third kappa shape index (κ3) is 2.18. The van der Waals surface area contributed by atoms with Gasteiger partial charge in [0.1, 0.15) is 11.6 Å². The Morgan fingerprint density at radius 2 is 2.11 bits per heavy atom. The number of rotatable bonds is 2. The van der Waals surface area contributed by atoms with Gasteiger partial charge in [0.05, 0.1) is 5.69 Å². The number of halogens is 1. The van der Waals surface area contributed by atoms with Gasteiger partial charge in [0, 0.05) is 29.7 Å². The second-order valence-corrected chi connectivity index (χ2v) is 5.51. The minimum Gasteiger partial charge on any atom is -0.373 e. The number of nitrogens with zero attached hydrogens (tertiary/aromatic N) is 2. The summed E-state index contributed by atoms with van der Waals surface area (Å²) in [5.41, 5.74) is 3.74. The molecule has 0 aliphatic carbocycles. The molecule has 2 aromatic rings. The lowest BCUT2D eigenvalue weighted by Crippen LogP contribution is -2.03. The molecule has 0 unspecified atom stereocenters. The van der Waals surface area contributed by atoms with Crippen molar-refractivity contribution in [2.75, 3.05) is 12.4 Å². The smallest absolute Gasteiger partial charge is 0.161 e. The van der Waals surface area contributed by atoms with Crippen LogP contribution in [0.4, 0.5) is 10.2 Å². The van der Waals surface area contributed by atoms with Crippen LogP contribution in [0.1, 0.15) is 16.8 Å². The Kier molecular flexibility index (Phi) is 3.14. The van der Waals surface area contributed by atoms with Crippen LogP contribution in [-0.2, 0) is 11.5 Å². The molecule has 0 atom stereocenters. The van der Waals surface area contributed by atoms with Gasteiger partial charge in [0.15, 0.2) is 5.82 Å². The third-order valence-electron chi connectivity index (χ3n) is 3.23. The van der Waals surface area contributed by atoms with Gasteiger partial charge in [-0.25, -0.2) is 14.4 Å². The van der Waals surface area contributed by atoms with Crippen LogP contribution < -0.4 is 5.32 Å². The summed E-state index contributed by atoms with van der Waals surface area (Å²) in [6.45, 7) is 1.75. The van der Waals surface area contributed by atoms with E-state index in [1.807, 2.05) is 18.8 Å². The normalized spacial score (nSPS) is 13.4. The van der Waals surface area contributed by atoms with Gasteiger partial charge in [-0.05, 0) is 30.7 Å². The summed E-state index contributed by atoms with van der Waals surface area (Å²) in [6.07, 6.45) is 0. The van der Waals surface area contributed by atoms with Crippen LogP contribution >= 0.6 is 11.8 Å². The van der Waals surface area contributed by atoms with E-state index in [4.69, 9.17) is 0 Å². The van der Waals surface area contributed by atoms with E-state index < -0.39 is 0 Å². The molecule has 0 spiro atoms. The van der Waals surface area contributed by atoms with E-state index in [9.17, 15) is 4.39 Å². The van der Waals surface area contributed by atoms with Gasteiger partial charge in [-0.2, -0.15) is 11.8 Å². The first-order chi connectivity index (χ1) is 9.19. The number of aromatic nitrogens is 2. The largest absolute Gasteiger partial charge is 0.373 e. The van der Waals surface area contributed by atoms with Gasteiger partial charge in [0.25, 0.3) is 0 Å². The van der Waals surface area contributed by atoms with Crippen molar-refractivity contribution in [1.82, 2.24) is 9.97 Å². The quantitative estimate of drug-likeness (QED) is 0.911. The van der Waals surface area contributed by atoms with Crippen LogP contribution in [0.5, 0.6) is 0 Å². The van der Waals surface area contributed by atoms with Gasteiger partial charge in [-0.3, -0.25) is 0 Å². The Bertz CT molecular complexity index is 643. The highest BCUT2D eigenvalue weighted by molar-refractivity contribution is 7.98. The summed E-state index contributed by atoms with van der Waals surface area (Å²) < 4.78 is 13.3. The Balaban J connectivity index is 2.12. The molecular weight excluding hydrogens is 261 g/mol. The maximum atomic E-state index is 13.3. The number of hydrogen-bond acceptors (Lipinski definition) is 4. The zero-order valence-electron chi connectivity index (χ0n) is 10.8. The molecule has 0 amide bonds. The first-order valence-electron chi connectivity index (χ1n) is 6.11. The molecule has 0 saturated carbocycles. The Hall–Kier alpha value is -1.62. The minimum atomic E-state index is -0.200. The average molecular weight is 275 g/mol. The van der Waals surface area contributed by atoms with E-state index in [2.05, 4.69) is 15.3 Å². The van der Waals surface area contributed by atoms with Gasteiger partial charge in [-0.1, -0.05) is 0 Å². The molecule has 3 rings (SSSR count). The fourth-order valence-corrected chi connectivity index (χ4v) is 3.21. The van der Waals surface area contributed by atoms with Gasteiger partial charge < -0.3 is 5.32 Å². The lowest BCUT2D eigenvalue weighted by molar-refractivity contribution is 0.618. The van der Waals surface area contributed by atoms with E-state index in [0.717, 1.165) is 28.6 Å². The second-order valence-electron chi connectivity index (χ2n) is 4.53. The number of hydrogen-bond donors (Lipinski definition) is 1. The van der Waals surface area contributed by atoms with Crippen molar-refractivity contribution in [3.8, 4) is 11.4 Å². The van der Waals surface area contributed by atoms with Crippen molar-refractivity contribution in [1.29, 1.82) is 0 Å². The van der Waals surface area contributed by atoms with E-state index in [1.165, 1.54) is 11.6 Å². The van der Waals surface area contributed by atoms with E-state index >= 15 is 0 Å². The first kappa shape index (κ1) is 12.4. The molecule has 98 valence electrons. The lowest BCUT2D eigenvalue weighted by atomic mass is 10.1. The Morgan fingerprint density at radius 1 is 1.26 bits per heavy atom. The van der Waals surface area contributed by atoms with E-state index in [1.54, 1.807) is 19.1 Å². The molecule has 0 saturated heterocycles. The van der Waals surface area contributed by atoms with Crippen molar-refractivity contribution in [3.05, 3.63) is 40.8 Å². The second kappa shape index (κ2) is 4.81. The van der Waals surface area contributed by atoms with Gasteiger partial charge in [0.2, 0.25) is 0 Å². The van der Waals surface area contributed by atoms with Crippen LogP contribution in [-0.4, -0.2) is 17.0 Å². The zero-order valence-corrected chi connectivity index (χ0v) is 11.6. The zero-order chi connectivity index (χ0) is 13.4. The van der Waals surface area contributed by atoms with Crippen LogP contribution in [0.15, 0.2) is 18.2 Å². The van der Waals surface area contributed by atoms with Crippen molar-refractivity contribution in [2.45, 2.75) is 18.4 Å². The highest BCUT2D eigenvalue weighted by Crippen LogP contribution is 2.34. The molecule has 2 heterocycles. The molecule has 0 fully saturated rings. The van der Waals surface area contributed by atoms with Crippen LogP contribution in [0.25, 0.3) is 11.4 Å². The number of nitrogens with one attached hydrogen (secondary N) is 1. The molecule has 19 heavy (non-hydrogen) atoms. The van der Waals surface area contributed by atoms with Crippen LogP contribution in [0.2, 0.25) is 0 Å². The molecular formula is C14H14FN3S. The van der Waals surface area contributed by atoms with E-state index in [-0.39, 0.29) is 5.82 Å². The van der Waals surface area contributed by atoms with Crippen molar-refractivity contribution in [2.24, 2.45) is 0 Å². The summed E-state index contributed by atoms with van der Waals surface area (Å²) >= 11 is 1.84. The fourth-order valence-electron chi connectivity index (χ4n) is 2.17. The Morgan fingerprint density at radius 3 is 2.84 bits per heavy atom. The average Bonchev–Trinajstić information content (AvgIpc) is 2.89. The molecule has 1 N–H and O–H groups in total.